The standard InChI is InChI=1S/C20H19N5O2S/c1-2-12-21-19(27)24-17(26)13-28-20-23-16-11-7-6-10-15(16)18(25-20)22-14-8-4-3-5-9-14/h2-11H,1,12-13H2,(H,22,23,25)(H2,21,24,26,27). The fourth-order valence-corrected chi connectivity index (χ4v) is 3.03. The Morgan fingerprint density at radius 3 is 2.57 bits per heavy atom. The maximum atomic E-state index is 11.9. The van der Waals surface area contributed by atoms with Gasteiger partial charge in [-0.2, -0.15) is 0 Å². The number of thioether (sulfide) groups is 1. The maximum Gasteiger partial charge on any atom is 0.321 e. The Bertz CT molecular complexity index is 994. The Kier molecular flexibility index (Phi) is 6.59. The van der Waals surface area contributed by atoms with Gasteiger partial charge >= 0.3 is 6.03 Å². The molecule has 3 N–H and O–H groups in total. The average Bonchev–Trinajstić information content (AvgIpc) is 2.71. The molecule has 0 aliphatic carbocycles. The third-order valence-corrected chi connectivity index (χ3v) is 4.46. The number of imide groups is 1. The molecule has 0 aliphatic heterocycles. The Morgan fingerprint density at radius 2 is 1.79 bits per heavy atom. The molecule has 1 heterocycles. The SMILES string of the molecule is C=CCNC(=O)NC(=O)CSc1nc(Nc2ccccc2)c2ccccc2n1. The van der Waals surface area contributed by atoms with Crippen LogP contribution in [0.15, 0.2) is 72.4 Å². The molecule has 0 spiro atoms. The highest BCUT2D eigenvalue weighted by atomic mass is 32.2. The smallest absolute Gasteiger partial charge is 0.321 e. The van der Waals surface area contributed by atoms with Crippen LogP contribution in [0.2, 0.25) is 0 Å². The summed E-state index contributed by atoms with van der Waals surface area (Å²) in [5.74, 6) is 0.245. The van der Waals surface area contributed by atoms with Crippen molar-refractivity contribution in [1.29, 1.82) is 0 Å². The van der Waals surface area contributed by atoms with E-state index in [0.29, 0.717) is 11.0 Å². The highest BCUT2D eigenvalue weighted by Crippen LogP contribution is 2.26. The molecular weight excluding hydrogens is 374 g/mol. The molecule has 0 atom stereocenters. The molecule has 0 saturated carbocycles. The molecule has 3 aromatic rings. The van der Waals surface area contributed by atoms with Gasteiger partial charge < -0.3 is 10.6 Å². The number of aromatic nitrogens is 2. The van der Waals surface area contributed by atoms with Crippen LogP contribution in [0.1, 0.15) is 0 Å². The molecular formula is C20H19N5O2S. The number of amides is 3. The van der Waals surface area contributed by atoms with Crippen LogP contribution in [0.25, 0.3) is 10.9 Å². The summed E-state index contributed by atoms with van der Waals surface area (Å²) in [6, 6.07) is 16.8. The molecule has 0 fully saturated rings. The van der Waals surface area contributed by atoms with Gasteiger partial charge in [-0.1, -0.05) is 48.2 Å². The summed E-state index contributed by atoms with van der Waals surface area (Å²) in [4.78, 5) is 32.5. The van der Waals surface area contributed by atoms with E-state index in [-0.39, 0.29) is 12.3 Å². The summed E-state index contributed by atoms with van der Waals surface area (Å²) in [6.07, 6.45) is 1.53. The van der Waals surface area contributed by atoms with Crippen LogP contribution >= 0.6 is 11.8 Å². The summed E-state index contributed by atoms with van der Waals surface area (Å²) in [5, 5.41) is 9.34. The highest BCUT2D eigenvalue weighted by Gasteiger charge is 2.12. The lowest BCUT2D eigenvalue weighted by atomic mass is 10.2. The van der Waals surface area contributed by atoms with Gasteiger partial charge in [0.05, 0.1) is 11.3 Å². The van der Waals surface area contributed by atoms with Gasteiger partial charge in [-0.3, -0.25) is 10.1 Å². The second-order valence-corrected chi connectivity index (χ2v) is 6.64. The third-order valence-electron chi connectivity index (χ3n) is 3.61. The molecule has 3 rings (SSSR count). The van der Waals surface area contributed by atoms with Crippen LogP contribution in [0, 0.1) is 0 Å². The molecule has 7 nitrogen and oxygen atoms in total. The number of anilines is 2. The molecule has 0 radical (unpaired) electrons. The average molecular weight is 393 g/mol. The van der Waals surface area contributed by atoms with E-state index in [4.69, 9.17) is 0 Å². The number of nitrogens with one attached hydrogen (secondary N) is 3. The van der Waals surface area contributed by atoms with E-state index in [2.05, 4.69) is 32.5 Å². The first-order chi connectivity index (χ1) is 13.7. The second-order valence-electron chi connectivity index (χ2n) is 5.70. The minimum atomic E-state index is -0.559. The summed E-state index contributed by atoms with van der Waals surface area (Å²) in [5.41, 5.74) is 1.67. The lowest BCUT2D eigenvalue weighted by Crippen LogP contribution is -2.40. The quantitative estimate of drug-likeness (QED) is 0.323. The third kappa shape index (κ3) is 5.31. The molecule has 2 aromatic carbocycles. The lowest BCUT2D eigenvalue weighted by Gasteiger charge is -2.10. The van der Waals surface area contributed by atoms with E-state index in [9.17, 15) is 9.59 Å². The monoisotopic (exact) mass is 393 g/mol. The van der Waals surface area contributed by atoms with E-state index in [1.807, 2.05) is 54.6 Å². The van der Waals surface area contributed by atoms with Gasteiger partial charge in [-0.15, -0.1) is 6.58 Å². The summed E-state index contributed by atoms with van der Waals surface area (Å²) in [6.45, 7) is 3.78. The van der Waals surface area contributed by atoms with E-state index < -0.39 is 11.9 Å². The Labute approximate surface area is 166 Å². The number of hydrogen-bond donors (Lipinski definition) is 3. The number of nitrogens with zero attached hydrogens (tertiary/aromatic N) is 2. The van der Waals surface area contributed by atoms with E-state index in [1.165, 1.54) is 6.08 Å². The van der Waals surface area contributed by atoms with Gasteiger partial charge in [0.15, 0.2) is 5.16 Å². The minimum Gasteiger partial charge on any atom is -0.340 e. The van der Waals surface area contributed by atoms with Crippen molar-refractivity contribution in [3.05, 3.63) is 67.3 Å². The first-order valence-corrected chi connectivity index (χ1v) is 9.54. The molecule has 142 valence electrons. The molecule has 1 aromatic heterocycles. The van der Waals surface area contributed by atoms with E-state index in [1.54, 1.807) is 0 Å². The number of hydrogen-bond acceptors (Lipinski definition) is 6. The van der Waals surface area contributed by atoms with Gasteiger partial charge in [-0.25, -0.2) is 14.8 Å². The van der Waals surface area contributed by atoms with E-state index >= 15 is 0 Å². The van der Waals surface area contributed by atoms with Crippen molar-refractivity contribution in [2.75, 3.05) is 17.6 Å². The van der Waals surface area contributed by atoms with E-state index in [0.717, 1.165) is 28.4 Å². The summed E-state index contributed by atoms with van der Waals surface area (Å²) < 4.78 is 0. The fourth-order valence-electron chi connectivity index (χ4n) is 2.38. The summed E-state index contributed by atoms with van der Waals surface area (Å²) >= 11 is 1.16. The maximum absolute atomic E-state index is 11.9. The zero-order chi connectivity index (χ0) is 19.8. The largest absolute Gasteiger partial charge is 0.340 e. The molecule has 3 amide bonds. The van der Waals surface area contributed by atoms with Crippen LogP contribution in [0.4, 0.5) is 16.3 Å². The molecule has 8 heteroatoms. The molecule has 0 saturated heterocycles. The Hall–Kier alpha value is -3.39. The number of benzene rings is 2. The van der Waals surface area contributed by atoms with Crippen molar-refractivity contribution < 1.29 is 9.59 Å². The van der Waals surface area contributed by atoms with Crippen molar-refractivity contribution in [3.8, 4) is 0 Å². The Morgan fingerprint density at radius 1 is 1.04 bits per heavy atom. The predicted octanol–water partition coefficient (Wildman–Crippen LogP) is 3.48. The number of urea groups is 1. The van der Waals surface area contributed by atoms with Crippen molar-refractivity contribution in [3.63, 3.8) is 0 Å². The predicted molar refractivity (Wildman–Crippen MR) is 112 cm³/mol. The van der Waals surface area contributed by atoms with Crippen molar-refractivity contribution in [2.45, 2.75) is 5.16 Å². The first kappa shape index (κ1) is 19.4. The van der Waals surface area contributed by atoms with Gasteiger partial charge in [-0.05, 0) is 24.3 Å². The van der Waals surface area contributed by atoms with Crippen LogP contribution in [-0.2, 0) is 4.79 Å². The summed E-state index contributed by atoms with van der Waals surface area (Å²) in [7, 11) is 0. The van der Waals surface area contributed by atoms with Gasteiger partial charge in [0.25, 0.3) is 0 Å². The van der Waals surface area contributed by atoms with Gasteiger partial charge in [0.2, 0.25) is 5.91 Å². The topological polar surface area (TPSA) is 96.0 Å². The number of para-hydroxylation sites is 2. The van der Waals surface area contributed by atoms with Crippen LogP contribution in [0.3, 0.4) is 0 Å². The molecule has 28 heavy (non-hydrogen) atoms. The number of fused-ring (bicyclic) bond motifs is 1. The van der Waals surface area contributed by atoms with Crippen LogP contribution in [0.5, 0.6) is 0 Å². The minimum absolute atomic E-state index is 0.0185. The molecule has 0 unspecified atom stereocenters. The number of carbonyl (C=O) groups is 2. The zero-order valence-electron chi connectivity index (χ0n) is 15.0. The Balaban J connectivity index is 1.73. The second kappa shape index (κ2) is 9.52. The van der Waals surface area contributed by atoms with Crippen LogP contribution < -0.4 is 16.0 Å². The zero-order valence-corrected chi connectivity index (χ0v) is 15.8. The highest BCUT2D eigenvalue weighted by molar-refractivity contribution is 7.99. The number of carbonyl (C=O) groups excluding carboxylic acids is 2. The normalized spacial score (nSPS) is 10.3. The van der Waals surface area contributed by atoms with Crippen molar-refractivity contribution in [2.24, 2.45) is 0 Å². The lowest BCUT2D eigenvalue weighted by molar-refractivity contribution is -0.117. The van der Waals surface area contributed by atoms with Gasteiger partial charge in [0.1, 0.15) is 5.82 Å². The fraction of sp³-hybridized carbons (Fsp3) is 0.100. The van der Waals surface area contributed by atoms with Crippen LogP contribution in [-0.4, -0.2) is 34.2 Å². The first-order valence-electron chi connectivity index (χ1n) is 8.56. The molecule has 0 aliphatic rings. The molecule has 0 bridgehead atoms. The van der Waals surface area contributed by atoms with Gasteiger partial charge in [0, 0.05) is 17.6 Å². The van der Waals surface area contributed by atoms with Crippen molar-refractivity contribution in [1.82, 2.24) is 20.6 Å². The number of rotatable bonds is 7. The van der Waals surface area contributed by atoms with Crippen molar-refractivity contribution >= 4 is 46.1 Å².